The van der Waals surface area contributed by atoms with Crippen LogP contribution in [0.2, 0.25) is 0 Å². The molecule has 0 spiro atoms. The first-order valence-electron chi connectivity index (χ1n) is 9.13. The quantitative estimate of drug-likeness (QED) is 0.674. The third-order valence-electron chi connectivity index (χ3n) is 4.51. The Morgan fingerprint density at radius 3 is 2.60 bits per heavy atom. The SMILES string of the molecule is C=C(Cl)COc1ccc(CN2CCC(C(=O)NCCCC)CC2)cc1. The van der Waals surface area contributed by atoms with E-state index in [2.05, 4.69) is 35.9 Å². The number of ether oxygens (including phenoxy) is 1. The van der Waals surface area contributed by atoms with Gasteiger partial charge in [-0.1, -0.05) is 43.7 Å². The van der Waals surface area contributed by atoms with E-state index < -0.39 is 0 Å². The van der Waals surface area contributed by atoms with E-state index in [0.717, 1.165) is 57.6 Å². The number of halogens is 1. The predicted molar refractivity (Wildman–Crippen MR) is 103 cm³/mol. The van der Waals surface area contributed by atoms with Crippen molar-refractivity contribution in [1.82, 2.24) is 10.2 Å². The molecule has 0 bridgehead atoms. The van der Waals surface area contributed by atoms with E-state index in [1.807, 2.05) is 12.1 Å². The second-order valence-corrected chi connectivity index (χ2v) is 7.18. The molecule has 0 saturated carbocycles. The van der Waals surface area contributed by atoms with Gasteiger partial charge in [0.15, 0.2) is 0 Å². The first-order chi connectivity index (χ1) is 12.1. The monoisotopic (exact) mass is 364 g/mol. The van der Waals surface area contributed by atoms with Crippen molar-refractivity contribution in [3.05, 3.63) is 41.4 Å². The number of carbonyl (C=O) groups excluding carboxylic acids is 1. The van der Waals surface area contributed by atoms with Crippen molar-refractivity contribution in [1.29, 1.82) is 0 Å². The van der Waals surface area contributed by atoms with E-state index in [-0.39, 0.29) is 11.8 Å². The van der Waals surface area contributed by atoms with Gasteiger partial charge in [0, 0.05) is 24.0 Å². The zero-order chi connectivity index (χ0) is 18.1. The summed E-state index contributed by atoms with van der Waals surface area (Å²) >= 11 is 5.70. The minimum atomic E-state index is 0.174. The summed E-state index contributed by atoms with van der Waals surface area (Å²) in [5, 5.41) is 3.55. The molecule has 25 heavy (non-hydrogen) atoms. The number of amides is 1. The van der Waals surface area contributed by atoms with E-state index in [0.29, 0.717) is 11.6 Å². The van der Waals surface area contributed by atoms with Gasteiger partial charge < -0.3 is 10.1 Å². The highest BCUT2D eigenvalue weighted by Crippen LogP contribution is 2.20. The number of piperidine rings is 1. The molecule has 1 N–H and O–H groups in total. The van der Waals surface area contributed by atoms with Crippen LogP contribution in [0.4, 0.5) is 0 Å². The van der Waals surface area contributed by atoms with Gasteiger partial charge in [-0.3, -0.25) is 9.69 Å². The van der Waals surface area contributed by atoms with Crippen LogP contribution in [0.1, 0.15) is 38.2 Å². The van der Waals surface area contributed by atoms with Crippen LogP contribution >= 0.6 is 11.6 Å². The Hall–Kier alpha value is -1.52. The number of likely N-dealkylation sites (tertiary alicyclic amines) is 1. The van der Waals surface area contributed by atoms with Gasteiger partial charge in [-0.2, -0.15) is 0 Å². The molecular weight excluding hydrogens is 336 g/mol. The van der Waals surface area contributed by atoms with E-state index in [1.54, 1.807) is 0 Å². The maximum atomic E-state index is 12.1. The van der Waals surface area contributed by atoms with E-state index in [9.17, 15) is 4.79 Å². The average Bonchev–Trinajstić information content (AvgIpc) is 2.62. The molecule has 1 aliphatic heterocycles. The van der Waals surface area contributed by atoms with Crippen LogP contribution in [0, 0.1) is 5.92 Å². The van der Waals surface area contributed by atoms with E-state index >= 15 is 0 Å². The van der Waals surface area contributed by atoms with Gasteiger partial charge in [-0.15, -0.1) is 0 Å². The van der Waals surface area contributed by atoms with Gasteiger partial charge in [0.2, 0.25) is 5.91 Å². The smallest absolute Gasteiger partial charge is 0.223 e. The number of benzene rings is 1. The number of carbonyl (C=O) groups is 1. The first-order valence-corrected chi connectivity index (χ1v) is 9.51. The fourth-order valence-corrected chi connectivity index (χ4v) is 3.05. The third kappa shape index (κ3) is 7.09. The molecule has 0 unspecified atom stereocenters. The number of nitrogens with zero attached hydrogens (tertiary/aromatic N) is 1. The third-order valence-corrected chi connectivity index (χ3v) is 4.62. The summed E-state index contributed by atoms with van der Waals surface area (Å²) in [7, 11) is 0. The van der Waals surface area contributed by atoms with Crippen LogP contribution in [-0.2, 0) is 11.3 Å². The molecule has 1 heterocycles. The second-order valence-electron chi connectivity index (χ2n) is 6.64. The summed E-state index contributed by atoms with van der Waals surface area (Å²) in [6, 6.07) is 8.08. The Labute approximate surface area is 156 Å². The molecule has 0 atom stereocenters. The summed E-state index contributed by atoms with van der Waals surface area (Å²) in [6.07, 6.45) is 4.06. The van der Waals surface area contributed by atoms with E-state index in [1.165, 1.54) is 5.56 Å². The Balaban J connectivity index is 1.72. The highest BCUT2D eigenvalue weighted by atomic mass is 35.5. The molecule has 2 rings (SSSR count). The van der Waals surface area contributed by atoms with Gasteiger partial charge in [-0.05, 0) is 50.0 Å². The van der Waals surface area contributed by atoms with Crippen molar-refractivity contribution in [2.24, 2.45) is 5.92 Å². The zero-order valence-corrected chi connectivity index (χ0v) is 15.9. The lowest BCUT2D eigenvalue weighted by molar-refractivity contribution is -0.126. The molecule has 1 aromatic rings. The van der Waals surface area contributed by atoms with Crippen LogP contribution in [0.3, 0.4) is 0 Å². The van der Waals surface area contributed by atoms with Gasteiger partial charge in [-0.25, -0.2) is 0 Å². The molecule has 0 aliphatic carbocycles. The summed E-state index contributed by atoms with van der Waals surface area (Å²) in [6.45, 7) is 9.73. The zero-order valence-electron chi connectivity index (χ0n) is 15.1. The number of unbranched alkanes of at least 4 members (excludes halogenated alkanes) is 1. The fourth-order valence-electron chi connectivity index (χ4n) is 3.00. The van der Waals surface area contributed by atoms with Crippen molar-refractivity contribution in [2.45, 2.75) is 39.2 Å². The minimum absolute atomic E-state index is 0.174. The van der Waals surface area contributed by atoms with Crippen LogP contribution in [0.25, 0.3) is 0 Å². The van der Waals surface area contributed by atoms with Crippen molar-refractivity contribution in [2.75, 3.05) is 26.2 Å². The number of rotatable bonds is 9. The Bertz CT molecular complexity index is 551. The van der Waals surface area contributed by atoms with Crippen molar-refractivity contribution in [3.8, 4) is 5.75 Å². The predicted octanol–water partition coefficient (Wildman–Crippen LogP) is 3.95. The number of hydrogen-bond donors (Lipinski definition) is 1. The van der Waals surface area contributed by atoms with Crippen molar-refractivity contribution in [3.63, 3.8) is 0 Å². The van der Waals surface area contributed by atoms with Gasteiger partial charge >= 0.3 is 0 Å². The lowest BCUT2D eigenvalue weighted by Gasteiger charge is -2.31. The minimum Gasteiger partial charge on any atom is -0.488 e. The van der Waals surface area contributed by atoms with Crippen LogP contribution in [0.15, 0.2) is 35.9 Å². The Morgan fingerprint density at radius 1 is 1.32 bits per heavy atom. The summed E-state index contributed by atoms with van der Waals surface area (Å²) in [5.74, 6) is 1.20. The molecule has 1 fully saturated rings. The molecule has 5 heteroatoms. The topological polar surface area (TPSA) is 41.6 Å². The summed E-state index contributed by atoms with van der Waals surface area (Å²) in [4.78, 5) is 14.5. The molecule has 1 aromatic carbocycles. The Morgan fingerprint density at radius 2 is 2.00 bits per heavy atom. The molecule has 1 aliphatic rings. The van der Waals surface area contributed by atoms with Crippen LogP contribution in [0.5, 0.6) is 5.75 Å². The summed E-state index contributed by atoms with van der Waals surface area (Å²) in [5.41, 5.74) is 1.25. The lowest BCUT2D eigenvalue weighted by atomic mass is 9.95. The summed E-state index contributed by atoms with van der Waals surface area (Å²) < 4.78 is 5.50. The highest BCUT2D eigenvalue weighted by Gasteiger charge is 2.24. The maximum absolute atomic E-state index is 12.1. The Kier molecular flexibility index (Phi) is 8.29. The number of hydrogen-bond acceptors (Lipinski definition) is 3. The molecule has 1 amide bonds. The second kappa shape index (κ2) is 10.5. The van der Waals surface area contributed by atoms with Gasteiger partial charge in [0.05, 0.1) is 0 Å². The number of nitrogens with one attached hydrogen (secondary N) is 1. The van der Waals surface area contributed by atoms with E-state index in [4.69, 9.17) is 16.3 Å². The maximum Gasteiger partial charge on any atom is 0.223 e. The molecule has 4 nitrogen and oxygen atoms in total. The normalized spacial score (nSPS) is 15.8. The highest BCUT2D eigenvalue weighted by molar-refractivity contribution is 6.29. The van der Waals surface area contributed by atoms with Gasteiger partial charge in [0.1, 0.15) is 12.4 Å². The largest absolute Gasteiger partial charge is 0.488 e. The van der Waals surface area contributed by atoms with Crippen LogP contribution < -0.4 is 10.1 Å². The van der Waals surface area contributed by atoms with Crippen LogP contribution in [-0.4, -0.2) is 37.0 Å². The van der Waals surface area contributed by atoms with Crippen molar-refractivity contribution < 1.29 is 9.53 Å². The first kappa shape index (κ1) is 19.8. The molecule has 0 aromatic heterocycles. The van der Waals surface area contributed by atoms with Gasteiger partial charge in [0.25, 0.3) is 0 Å². The molecular formula is C20H29ClN2O2. The fraction of sp³-hybridized carbons (Fsp3) is 0.550. The molecule has 0 radical (unpaired) electrons. The molecule has 1 saturated heterocycles. The molecule has 138 valence electrons. The average molecular weight is 365 g/mol. The lowest BCUT2D eigenvalue weighted by Crippen LogP contribution is -2.40. The standard InChI is InChI=1S/C20H29ClN2O2/c1-3-4-11-22-20(24)18-9-12-23(13-10-18)14-17-5-7-19(8-6-17)25-15-16(2)21/h5-8,18H,2-4,9-15H2,1H3,(H,22,24). The van der Waals surface area contributed by atoms with Crippen molar-refractivity contribution >= 4 is 17.5 Å².